The Morgan fingerprint density at radius 2 is 1.34 bits per heavy atom. The normalized spacial score (nSPS) is 14.9. The molecule has 6 nitrogen and oxygen atoms in total. The minimum atomic E-state index is -0.429. The molecule has 2 N–H and O–H groups in total. The van der Waals surface area contributed by atoms with Gasteiger partial charge in [-0.15, -0.1) is 0 Å². The molecule has 6 heteroatoms. The first-order chi connectivity index (χ1) is 17.2. The Balaban J connectivity index is 1.50. The summed E-state index contributed by atoms with van der Waals surface area (Å²) in [5.41, 5.74) is 4.13. The Morgan fingerprint density at radius 1 is 0.743 bits per heavy atom. The molecular formula is C29H26N4O2. The van der Waals surface area contributed by atoms with Crippen molar-refractivity contribution >= 4 is 29.0 Å². The van der Waals surface area contributed by atoms with Gasteiger partial charge in [-0.05, 0) is 42.0 Å². The molecule has 0 aromatic heterocycles. The second-order valence-corrected chi connectivity index (χ2v) is 8.32. The molecule has 0 bridgehead atoms. The summed E-state index contributed by atoms with van der Waals surface area (Å²) in [5, 5.41) is 5.84. The summed E-state index contributed by atoms with van der Waals surface area (Å²) in [6, 6.07) is 36.4. The average Bonchev–Trinajstić information content (AvgIpc) is 2.91. The fourth-order valence-electron chi connectivity index (χ4n) is 4.39. The van der Waals surface area contributed by atoms with Gasteiger partial charge in [0.2, 0.25) is 0 Å². The molecule has 3 amide bonds. The molecule has 5 rings (SSSR count). The molecule has 1 atom stereocenters. The molecular weight excluding hydrogens is 436 g/mol. The summed E-state index contributed by atoms with van der Waals surface area (Å²) in [7, 11) is 0. The second kappa shape index (κ2) is 10.1. The number of nitrogens with one attached hydrogen (secondary N) is 2. The van der Waals surface area contributed by atoms with Crippen molar-refractivity contribution in [1.82, 2.24) is 10.2 Å². The number of amides is 3. The first-order valence-corrected chi connectivity index (χ1v) is 11.6. The van der Waals surface area contributed by atoms with Crippen LogP contribution in [0, 0.1) is 0 Å². The van der Waals surface area contributed by atoms with E-state index in [-0.39, 0.29) is 18.5 Å². The number of nitrogens with zero attached hydrogens (tertiary/aromatic N) is 2. The summed E-state index contributed by atoms with van der Waals surface area (Å²) in [4.78, 5) is 30.4. The molecule has 4 aromatic rings. The van der Waals surface area contributed by atoms with Crippen molar-refractivity contribution in [2.45, 2.75) is 12.7 Å². The van der Waals surface area contributed by atoms with Crippen molar-refractivity contribution < 1.29 is 9.59 Å². The largest absolute Gasteiger partial charge is 0.334 e. The third kappa shape index (κ3) is 4.87. The lowest BCUT2D eigenvalue weighted by molar-refractivity contribution is 0.0645. The summed E-state index contributed by atoms with van der Waals surface area (Å²) < 4.78 is 0. The van der Waals surface area contributed by atoms with Gasteiger partial charge in [-0.25, -0.2) is 4.79 Å². The monoisotopic (exact) mass is 462 g/mol. The van der Waals surface area contributed by atoms with Gasteiger partial charge in [0.15, 0.2) is 0 Å². The molecule has 0 saturated carbocycles. The van der Waals surface area contributed by atoms with E-state index in [1.165, 1.54) is 0 Å². The van der Waals surface area contributed by atoms with Gasteiger partial charge < -0.3 is 20.4 Å². The van der Waals surface area contributed by atoms with Crippen LogP contribution in [0.3, 0.4) is 0 Å². The molecule has 174 valence electrons. The van der Waals surface area contributed by atoms with Crippen LogP contribution in [0.4, 0.5) is 21.9 Å². The van der Waals surface area contributed by atoms with E-state index in [2.05, 4.69) is 15.5 Å². The van der Waals surface area contributed by atoms with E-state index < -0.39 is 6.17 Å². The maximum Gasteiger partial charge on any atom is 0.319 e. The number of carbonyl (C=O) groups is 2. The zero-order valence-electron chi connectivity index (χ0n) is 19.2. The third-order valence-electron chi connectivity index (χ3n) is 6.02. The van der Waals surface area contributed by atoms with Crippen molar-refractivity contribution in [2.75, 3.05) is 16.8 Å². The number of fused-ring (bicyclic) bond motifs is 1. The number of hydrogen-bond acceptors (Lipinski definition) is 3. The highest BCUT2D eigenvalue weighted by molar-refractivity contribution is 6.03. The summed E-state index contributed by atoms with van der Waals surface area (Å²) in [6.07, 6.45) is -0.429. The van der Waals surface area contributed by atoms with Crippen molar-refractivity contribution in [3.05, 3.63) is 126 Å². The number of rotatable bonds is 6. The Bertz CT molecular complexity index is 1300. The van der Waals surface area contributed by atoms with E-state index in [1.807, 2.05) is 120 Å². The predicted octanol–water partition coefficient (Wildman–Crippen LogP) is 5.63. The minimum Gasteiger partial charge on any atom is -0.334 e. The molecule has 35 heavy (non-hydrogen) atoms. The molecule has 0 fully saturated rings. The first kappa shape index (κ1) is 22.2. The van der Waals surface area contributed by atoms with E-state index in [9.17, 15) is 9.59 Å². The number of para-hydroxylation sites is 3. The lowest BCUT2D eigenvalue weighted by Gasteiger charge is -2.45. The van der Waals surface area contributed by atoms with Crippen LogP contribution in [0.5, 0.6) is 0 Å². The topological polar surface area (TPSA) is 64.7 Å². The summed E-state index contributed by atoms with van der Waals surface area (Å²) >= 11 is 0. The van der Waals surface area contributed by atoms with Crippen LogP contribution in [0.15, 0.2) is 115 Å². The molecule has 1 aliphatic heterocycles. The van der Waals surface area contributed by atoms with E-state index in [0.29, 0.717) is 17.8 Å². The third-order valence-corrected chi connectivity index (χ3v) is 6.02. The zero-order chi connectivity index (χ0) is 24.0. The van der Waals surface area contributed by atoms with Crippen LogP contribution in [0.25, 0.3) is 0 Å². The fourth-order valence-corrected chi connectivity index (χ4v) is 4.39. The zero-order valence-corrected chi connectivity index (χ0v) is 19.2. The van der Waals surface area contributed by atoms with Gasteiger partial charge in [-0.3, -0.25) is 4.79 Å². The van der Waals surface area contributed by atoms with Gasteiger partial charge in [0.05, 0.1) is 17.8 Å². The number of hydrogen-bond donors (Lipinski definition) is 2. The van der Waals surface area contributed by atoms with Crippen LogP contribution in [0.1, 0.15) is 15.9 Å². The average molecular weight is 463 g/mol. The van der Waals surface area contributed by atoms with E-state index >= 15 is 0 Å². The second-order valence-electron chi connectivity index (χ2n) is 8.32. The maximum atomic E-state index is 13.7. The summed E-state index contributed by atoms with van der Waals surface area (Å²) in [6.45, 7) is 0.657. The van der Waals surface area contributed by atoms with E-state index in [0.717, 1.165) is 16.9 Å². The standard InChI is InChI=1S/C29H26N4O2/c34-28-25-18-10-11-19-26(25)33(24-16-8-3-9-17-24)27(32(28)21-22-12-4-1-5-13-22)20-30-29(35)31-23-14-6-2-7-15-23/h1-19,27H,20-21H2,(H2,30,31,35). The van der Waals surface area contributed by atoms with Gasteiger partial charge in [-0.1, -0.05) is 78.9 Å². The highest BCUT2D eigenvalue weighted by Gasteiger charge is 2.38. The Morgan fingerprint density at radius 3 is 2.06 bits per heavy atom. The SMILES string of the molecule is O=C(NCC1N(Cc2ccccc2)C(=O)c2ccccc2N1c1ccccc1)Nc1ccccc1. The lowest BCUT2D eigenvalue weighted by atomic mass is 10.0. The lowest BCUT2D eigenvalue weighted by Crippen LogP contribution is -2.58. The molecule has 4 aromatic carbocycles. The van der Waals surface area contributed by atoms with Crippen LogP contribution in [-0.2, 0) is 6.54 Å². The smallest absolute Gasteiger partial charge is 0.319 e. The van der Waals surface area contributed by atoms with E-state index in [4.69, 9.17) is 0 Å². The maximum absolute atomic E-state index is 13.7. The Labute approximate surface area is 204 Å². The van der Waals surface area contributed by atoms with Crippen LogP contribution in [0.2, 0.25) is 0 Å². The minimum absolute atomic E-state index is 0.0631. The summed E-state index contributed by atoms with van der Waals surface area (Å²) in [5.74, 6) is -0.0631. The van der Waals surface area contributed by atoms with Gasteiger partial charge in [0, 0.05) is 17.9 Å². The number of anilines is 3. The van der Waals surface area contributed by atoms with Crippen molar-refractivity contribution in [3.8, 4) is 0 Å². The molecule has 0 radical (unpaired) electrons. The van der Waals surface area contributed by atoms with Crippen LogP contribution in [-0.4, -0.2) is 29.5 Å². The molecule has 1 heterocycles. The molecule has 1 unspecified atom stereocenters. The predicted molar refractivity (Wildman–Crippen MR) is 139 cm³/mol. The van der Waals surface area contributed by atoms with Crippen molar-refractivity contribution in [2.24, 2.45) is 0 Å². The van der Waals surface area contributed by atoms with Gasteiger partial charge >= 0.3 is 6.03 Å². The van der Waals surface area contributed by atoms with Crippen molar-refractivity contribution in [3.63, 3.8) is 0 Å². The number of carbonyl (C=O) groups excluding carboxylic acids is 2. The number of benzene rings is 4. The molecule has 0 spiro atoms. The van der Waals surface area contributed by atoms with Crippen LogP contribution >= 0.6 is 0 Å². The van der Waals surface area contributed by atoms with E-state index in [1.54, 1.807) is 0 Å². The number of urea groups is 1. The van der Waals surface area contributed by atoms with Crippen LogP contribution < -0.4 is 15.5 Å². The first-order valence-electron chi connectivity index (χ1n) is 11.6. The van der Waals surface area contributed by atoms with Crippen molar-refractivity contribution in [1.29, 1.82) is 0 Å². The fraction of sp³-hybridized carbons (Fsp3) is 0.103. The molecule has 0 aliphatic carbocycles. The Kier molecular flexibility index (Phi) is 6.44. The van der Waals surface area contributed by atoms with Gasteiger partial charge in [0.25, 0.3) is 5.91 Å². The molecule has 1 aliphatic rings. The Hall–Kier alpha value is -4.58. The van der Waals surface area contributed by atoms with Gasteiger partial charge in [0.1, 0.15) is 6.17 Å². The highest BCUT2D eigenvalue weighted by Crippen LogP contribution is 2.37. The quantitative estimate of drug-likeness (QED) is 0.390. The van der Waals surface area contributed by atoms with Gasteiger partial charge in [-0.2, -0.15) is 0 Å². The molecule has 0 saturated heterocycles. The highest BCUT2D eigenvalue weighted by atomic mass is 16.2.